The minimum Gasteiger partial charge on any atom is -0.459 e. The van der Waals surface area contributed by atoms with Gasteiger partial charge in [0.1, 0.15) is 0 Å². The Morgan fingerprint density at radius 3 is 2.68 bits per heavy atom. The van der Waals surface area contributed by atoms with E-state index in [1.165, 1.54) is 18.4 Å². The van der Waals surface area contributed by atoms with Gasteiger partial charge in [0.2, 0.25) is 10.0 Å². The van der Waals surface area contributed by atoms with Gasteiger partial charge in [0.25, 0.3) is 5.91 Å². The molecule has 0 aliphatic carbocycles. The van der Waals surface area contributed by atoms with Crippen molar-refractivity contribution < 1.29 is 17.6 Å². The molecule has 2 rings (SSSR count). The molecule has 6 nitrogen and oxygen atoms in total. The number of nitrogens with one attached hydrogen (secondary N) is 2. The van der Waals surface area contributed by atoms with E-state index in [-0.39, 0.29) is 29.7 Å². The molecule has 1 aromatic heterocycles. The molecule has 0 aliphatic heterocycles. The highest BCUT2D eigenvalue weighted by atomic mass is 35.5. The summed E-state index contributed by atoms with van der Waals surface area (Å²) in [7, 11) is -3.65. The molecule has 0 saturated heterocycles. The molecule has 0 atom stereocenters. The maximum Gasteiger partial charge on any atom is 0.287 e. The Hall–Kier alpha value is -1.83. The smallest absolute Gasteiger partial charge is 0.287 e. The molecule has 1 amide bonds. The summed E-state index contributed by atoms with van der Waals surface area (Å²) in [5.41, 5.74) is 0.719. The number of rotatable bonds is 6. The fourth-order valence-electron chi connectivity index (χ4n) is 1.76. The van der Waals surface area contributed by atoms with Crippen LogP contribution in [0.5, 0.6) is 0 Å². The third-order valence-electron chi connectivity index (χ3n) is 2.88. The third-order valence-corrected chi connectivity index (χ3v) is 4.57. The molecule has 1 aromatic carbocycles. The zero-order valence-electron chi connectivity index (χ0n) is 11.8. The lowest BCUT2D eigenvalue weighted by molar-refractivity contribution is 0.0926. The van der Waals surface area contributed by atoms with E-state index in [0.29, 0.717) is 5.02 Å². The summed E-state index contributed by atoms with van der Waals surface area (Å²) < 4.78 is 31.4. The van der Waals surface area contributed by atoms with Crippen molar-refractivity contribution in [1.82, 2.24) is 10.0 Å². The fourth-order valence-corrected chi connectivity index (χ4v) is 3.10. The van der Waals surface area contributed by atoms with Gasteiger partial charge in [-0.15, -0.1) is 0 Å². The number of hydrogen-bond acceptors (Lipinski definition) is 4. The van der Waals surface area contributed by atoms with Crippen LogP contribution in [0.1, 0.15) is 16.1 Å². The Morgan fingerprint density at radius 2 is 2.05 bits per heavy atom. The van der Waals surface area contributed by atoms with Gasteiger partial charge in [0, 0.05) is 23.7 Å². The highest BCUT2D eigenvalue weighted by Gasteiger charge is 2.15. The maximum atomic E-state index is 12.0. The van der Waals surface area contributed by atoms with Crippen LogP contribution in [0.2, 0.25) is 5.02 Å². The summed E-state index contributed by atoms with van der Waals surface area (Å²) in [4.78, 5) is 11.8. The molecule has 8 heteroatoms. The first-order valence-electron chi connectivity index (χ1n) is 6.47. The van der Waals surface area contributed by atoms with Crippen molar-refractivity contribution in [3.8, 4) is 0 Å². The normalized spacial score (nSPS) is 11.4. The Balaban J connectivity index is 1.86. The highest BCUT2D eigenvalue weighted by molar-refractivity contribution is 7.89. The van der Waals surface area contributed by atoms with Gasteiger partial charge in [-0.1, -0.05) is 17.7 Å². The quantitative estimate of drug-likeness (QED) is 0.785. The van der Waals surface area contributed by atoms with Crippen molar-refractivity contribution in [2.75, 3.05) is 13.1 Å². The molecule has 0 spiro atoms. The van der Waals surface area contributed by atoms with E-state index in [1.54, 1.807) is 25.1 Å². The molecule has 0 unspecified atom stereocenters. The number of furan rings is 1. The summed E-state index contributed by atoms with van der Waals surface area (Å²) in [5, 5.41) is 2.91. The third kappa shape index (κ3) is 4.09. The average molecular weight is 343 g/mol. The van der Waals surface area contributed by atoms with E-state index >= 15 is 0 Å². The summed E-state index contributed by atoms with van der Waals surface area (Å²) in [5.74, 6) is -0.165. The molecule has 2 N–H and O–H groups in total. The van der Waals surface area contributed by atoms with Crippen LogP contribution >= 0.6 is 11.6 Å². The van der Waals surface area contributed by atoms with Gasteiger partial charge in [-0.05, 0) is 31.2 Å². The topological polar surface area (TPSA) is 88.4 Å². The number of carbonyl (C=O) groups is 1. The molecule has 22 heavy (non-hydrogen) atoms. The number of aryl methyl sites for hydroxylation is 1. The molecule has 0 radical (unpaired) electrons. The largest absolute Gasteiger partial charge is 0.459 e. The summed E-state index contributed by atoms with van der Waals surface area (Å²) in [6.45, 7) is 1.94. The van der Waals surface area contributed by atoms with Crippen molar-refractivity contribution in [3.05, 3.63) is 52.9 Å². The second-order valence-corrected chi connectivity index (χ2v) is 6.75. The first-order chi connectivity index (χ1) is 10.4. The number of halogens is 1. The minimum absolute atomic E-state index is 0.0559. The Morgan fingerprint density at radius 1 is 1.27 bits per heavy atom. The average Bonchev–Trinajstić information content (AvgIpc) is 2.90. The molecule has 0 aliphatic rings. The van der Waals surface area contributed by atoms with Crippen molar-refractivity contribution in [2.24, 2.45) is 0 Å². The molecular weight excluding hydrogens is 328 g/mol. The van der Waals surface area contributed by atoms with Crippen LogP contribution in [0.3, 0.4) is 0 Å². The molecule has 2 aromatic rings. The zero-order chi connectivity index (χ0) is 16.2. The minimum atomic E-state index is -3.65. The lowest BCUT2D eigenvalue weighted by Crippen LogP contribution is -2.34. The maximum absolute atomic E-state index is 12.0. The molecule has 118 valence electrons. The lowest BCUT2D eigenvalue weighted by Gasteiger charge is -2.08. The van der Waals surface area contributed by atoms with E-state index in [2.05, 4.69) is 10.0 Å². The Kier molecular flexibility index (Phi) is 5.23. The predicted molar refractivity (Wildman–Crippen MR) is 82.4 cm³/mol. The summed E-state index contributed by atoms with van der Waals surface area (Å²) in [6, 6.07) is 7.62. The molecule has 0 fully saturated rings. The van der Waals surface area contributed by atoms with Gasteiger partial charge < -0.3 is 9.73 Å². The van der Waals surface area contributed by atoms with Crippen LogP contribution in [0.15, 0.2) is 45.9 Å². The SMILES string of the molecule is Cc1ccoc1C(=O)NCCNS(=O)(=O)c1cccc(Cl)c1. The fraction of sp³-hybridized carbons (Fsp3) is 0.214. The first kappa shape index (κ1) is 16.5. The number of sulfonamides is 1. The van der Waals surface area contributed by atoms with Crippen LogP contribution < -0.4 is 10.0 Å². The van der Waals surface area contributed by atoms with Crippen molar-refractivity contribution in [3.63, 3.8) is 0 Å². The van der Waals surface area contributed by atoms with E-state index < -0.39 is 10.0 Å². The van der Waals surface area contributed by atoms with E-state index in [1.807, 2.05) is 0 Å². The molecule has 0 bridgehead atoms. The zero-order valence-corrected chi connectivity index (χ0v) is 13.4. The van der Waals surface area contributed by atoms with Gasteiger partial charge in [0.05, 0.1) is 11.2 Å². The van der Waals surface area contributed by atoms with E-state index in [9.17, 15) is 13.2 Å². The Bertz CT molecular complexity index is 771. The van der Waals surface area contributed by atoms with Crippen LogP contribution in [0, 0.1) is 6.92 Å². The monoisotopic (exact) mass is 342 g/mol. The van der Waals surface area contributed by atoms with Crippen molar-refractivity contribution in [2.45, 2.75) is 11.8 Å². The van der Waals surface area contributed by atoms with Crippen LogP contribution in [-0.2, 0) is 10.0 Å². The second kappa shape index (κ2) is 6.95. The molecule has 0 saturated carbocycles. The van der Waals surface area contributed by atoms with E-state index in [4.69, 9.17) is 16.0 Å². The van der Waals surface area contributed by atoms with E-state index in [0.717, 1.165) is 5.56 Å². The van der Waals surface area contributed by atoms with Gasteiger partial charge >= 0.3 is 0 Å². The van der Waals surface area contributed by atoms with Gasteiger partial charge in [-0.2, -0.15) is 0 Å². The number of hydrogen-bond donors (Lipinski definition) is 2. The number of amides is 1. The van der Waals surface area contributed by atoms with Gasteiger partial charge in [-0.3, -0.25) is 4.79 Å². The standard InChI is InChI=1S/C14H15ClN2O4S/c1-10-5-8-21-13(10)14(18)16-6-7-17-22(19,20)12-4-2-3-11(15)9-12/h2-5,8-9,17H,6-7H2,1H3,(H,16,18). The van der Waals surface area contributed by atoms with Crippen molar-refractivity contribution in [1.29, 1.82) is 0 Å². The summed E-state index contributed by atoms with van der Waals surface area (Å²) >= 11 is 5.77. The molecule has 1 heterocycles. The second-order valence-electron chi connectivity index (χ2n) is 4.54. The number of benzene rings is 1. The predicted octanol–water partition coefficient (Wildman–Crippen LogP) is 1.95. The van der Waals surface area contributed by atoms with Crippen LogP contribution in [0.4, 0.5) is 0 Å². The van der Waals surface area contributed by atoms with Gasteiger partial charge in [0.15, 0.2) is 5.76 Å². The molecular formula is C14H15ClN2O4S. The van der Waals surface area contributed by atoms with Crippen LogP contribution in [0.25, 0.3) is 0 Å². The van der Waals surface area contributed by atoms with Crippen molar-refractivity contribution >= 4 is 27.5 Å². The summed E-state index contributed by atoms with van der Waals surface area (Å²) in [6.07, 6.45) is 1.42. The first-order valence-corrected chi connectivity index (χ1v) is 8.34. The Labute approximate surface area is 133 Å². The van der Waals surface area contributed by atoms with Gasteiger partial charge in [-0.25, -0.2) is 13.1 Å². The number of carbonyl (C=O) groups excluding carboxylic acids is 1. The highest BCUT2D eigenvalue weighted by Crippen LogP contribution is 2.14. The lowest BCUT2D eigenvalue weighted by atomic mass is 10.3. The van der Waals surface area contributed by atoms with Crippen LogP contribution in [-0.4, -0.2) is 27.4 Å².